The van der Waals surface area contributed by atoms with Crippen LogP contribution in [0.25, 0.3) is 0 Å². The van der Waals surface area contributed by atoms with Crippen molar-refractivity contribution < 1.29 is 4.79 Å². The molecule has 1 aliphatic rings. The van der Waals surface area contributed by atoms with E-state index in [1.165, 1.54) is 0 Å². The Morgan fingerprint density at radius 2 is 1.78 bits per heavy atom. The Bertz CT molecular complexity index is 193. The summed E-state index contributed by atoms with van der Waals surface area (Å²) >= 11 is 10.9. The van der Waals surface area contributed by atoms with Crippen molar-refractivity contribution in [3.8, 4) is 0 Å². The predicted octanol–water partition coefficient (Wildman–Crippen LogP) is 2.08. The maximum Gasteiger partial charge on any atom is 0.251 e. The van der Waals surface area contributed by atoms with Crippen molar-refractivity contribution in [2.75, 3.05) is 0 Å². The minimum absolute atomic E-state index is 0.487. The van der Waals surface area contributed by atoms with Crippen molar-refractivity contribution in [2.45, 2.75) is 18.7 Å². The number of hydrogen-bond acceptors (Lipinski definition) is 1. The summed E-state index contributed by atoms with van der Waals surface area (Å²) in [5.74, 6) is 0. The number of alkyl halides is 1. The van der Waals surface area contributed by atoms with Crippen LogP contribution >= 0.6 is 23.2 Å². The Balaban J connectivity index is 2.79. The topological polar surface area (TPSA) is 17.1 Å². The lowest BCUT2D eigenvalue weighted by molar-refractivity contribution is -0.111. The third-order valence-corrected chi connectivity index (χ3v) is 2.92. The Labute approximate surface area is 63.6 Å². The molecule has 0 aromatic heterocycles. The summed E-state index contributed by atoms with van der Waals surface area (Å²) in [6.45, 7) is 3.62. The van der Waals surface area contributed by atoms with Gasteiger partial charge in [-0.3, -0.25) is 4.79 Å². The standard InChI is InChI=1S/C6H6Cl2O/c1-3-4(2)6(3,8)5(7)9/h1-2H3. The summed E-state index contributed by atoms with van der Waals surface area (Å²) in [5, 5.41) is -0.487. The molecule has 0 amide bonds. The summed E-state index contributed by atoms with van der Waals surface area (Å²) in [4.78, 5) is 9.64. The highest BCUT2D eigenvalue weighted by Crippen LogP contribution is 2.50. The molecule has 0 fully saturated rings. The highest BCUT2D eigenvalue weighted by molar-refractivity contribution is 6.73. The smallest absolute Gasteiger partial charge is 0.251 e. The number of carbonyl (C=O) groups excluding carboxylic acids is 1. The van der Waals surface area contributed by atoms with Crippen LogP contribution in [0.5, 0.6) is 0 Å². The Morgan fingerprint density at radius 3 is 1.78 bits per heavy atom. The van der Waals surface area contributed by atoms with E-state index in [1.807, 2.05) is 13.8 Å². The molecule has 0 unspecified atom stereocenters. The predicted molar refractivity (Wildman–Crippen MR) is 37.8 cm³/mol. The van der Waals surface area contributed by atoms with Gasteiger partial charge in [0.05, 0.1) is 0 Å². The summed E-state index contributed by atoms with van der Waals surface area (Å²) in [6.07, 6.45) is 0. The van der Waals surface area contributed by atoms with Crippen LogP contribution in [0.2, 0.25) is 0 Å². The number of hydrogen-bond donors (Lipinski definition) is 0. The van der Waals surface area contributed by atoms with Crippen LogP contribution < -0.4 is 0 Å². The molecule has 1 aliphatic carbocycles. The van der Waals surface area contributed by atoms with Crippen molar-refractivity contribution in [3.63, 3.8) is 0 Å². The molecule has 3 heteroatoms. The first-order chi connectivity index (χ1) is 4.01. The van der Waals surface area contributed by atoms with Gasteiger partial charge in [-0.25, -0.2) is 0 Å². The number of carbonyl (C=O) groups is 1. The third kappa shape index (κ3) is 0.717. The zero-order valence-electron chi connectivity index (χ0n) is 5.16. The third-order valence-electron chi connectivity index (χ3n) is 1.80. The fourth-order valence-electron chi connectivity index (χ4n) is 0.819. The fourth-order valence-corrected chi connectivity index (χ4v) is 1.34. The molecule has 0 saturated heterocycles. The second-order valence-electron chi connectivity index (χ2n) is 2.18. The normalized spacial score (nSPS) is 22.2. The van der Waals surface area contributed by atoms with Crippen LogP contribution in [-0.4, -0.2) is 10.1 Å². The van der Waals surface area contributed by atoms with E-state index < -0.39 is 10.1 Å². The minimum atomic E-state index is -0.901. The van der Waals surface area contributed by atoms with Crippen molar-refractivity contribution in [3.05, 3.63) is 11.1 Å². The number of rotatable bonds is 1. The van der Waals surface area contributed by atoms with Crippen molar-refractivity contribution in [1.82, 2.24) is 0 Å². The monoisotopic (exact) mass is 164 g/mol. The van der Waals surface area contributed by atoms with Gasteiger partial charge >= 0.3 is 0 Å². The quantitative estimate of drug-likeness (QED) is 0.330. The average molecular weight is 165 g/mol. The Hall–Kier alpha value is -0.0100. The van der Waals surface area contributed by atoms with Crippen LogP contribution in [-0.2, 0) is 4.79 Å². The first kappa shape index (κ1) is 7.10. The Kier molecular flexibility index (Phi) is 1.37. The van der Waals surface area contributed by atoms with Crippen LogP contribution in [0, 0.1) is 0 Å². The molecule has 0 atom stereocenters. The van der Waals surface area contributed by atoms with Gasteiger partial charge in [0.15, 0.2) is 4.87 Å². The van der Waals surface area contributed by atoms with E-state index in [-0.39, 0.29) is 0 Å². The molecule has 0 radical (unpaired) electrons. The van der Waals surface area contributed by atoms with Gasteiger partial charge in [-0.15, -0.1) is 0 Å². The van der Waals surface area contributed by atoms with E-state index >= 15 is 0 Å². The number of halogens is 2. The maximum absolute atomic E-state index is 10.5. The average Bonchev–Trinajstić information content (AvgIpc) is 2.22. The lowest BCUT2D eigenvalue weighted by Gasteiger charge is -1.99. The molecule has 0 saturated carbocycles. The molecule has 0 heterocycles. The largest absolute Gasteiger partial charge is 0.279 e. The van der Waals surface area contributed by atoms with Crippen molar-refractivity contribution >= 4 is 28.4 Å². The fraction of sp³-hybridized carbons (Fsp3) is 0.500. The van der Waals surface area contributed by atoms with Crippen molar-refractivity contribution in [1.29, 1.82) is 0 Å². The van der Waals surface area contributed by atoms with Gasteiger partial charge in [0.2, 0.25) is 0 Å². The minimum Gasteiger partial charge on any atom is -0.279 e. The molecule has 0 aromatic carbocycles. The van der Waals surface area contributed by atoms with E-state index in [1.54, 1.807) is 0 Å². The second-order valence-corrected chi connectivity index (χ2v) is 3.09. The molecule has 9 heavy (non-hydrogen) atoms. The van der Waals surface area contributed by atoms with E-state index in [2.05, 4.69) is 0 Å². The molecular formula is C6H6Cl2O. The van der Waals surface area contributed by atoms with E-state index in [0.717, 1.165) is 11.1 Å². The molecule has 1 nitrogen and oxygen atoms in total. The molecule has 0 N–H and O–H groups in total. The summed E-state index contributed by atoms with van der Waals surface area (Å²) in [6, 6.07) is 0. The van der Waals surface area contributed by atoms with Crippen LogP contribution in [0.15, 0.2) is 11.1 Å². The first-order valence-corrected chi connectivity index (χ1v) is 3.34. The molecule has 1 rings (SSSR count). The molecule has 0 bridgehead atoms. The lowest BCUT2D eigenvalue weighted by atomic mass is 10.3. The van der Waals surface area contributed by atoms with Crippen molar-refractivity contribution in [2.24, 2.45) is 0 Å². The van der Waals surface area contributed by atoms with E-state index in [0.29, 0.717) is 0 Å². The van der Waals surface area contributed by atoms with E-state index in [4.69, 9.17) is 23.2 Å². The molecule has 50 valence electrons. The molecule has 0 spiro atoms. The van der Waals surface area contributed by atoms with E-state index in [9.17, 15) is 4.79 Å². The zero-order chi connectivity index (χ0) is 7.23. The lowest BCUT2D eigenvalue weighted by Crippen LogP contribution is -2.14. The maximum atomic E-state index is 10.5. The highest BCUT2D eigenvalue weighted by atomic mass is 35.5. The summed E-state index contributed by atoms with van der Waals surface area (Å²) in [5.41, 5.74) is 1.79. The molecular weight excluding hydrogens is 159 g/mol. The van der Waals surface area contributed by atoms with Gasteiger partial charge in [-0.2, -0.15) is 0 Å². The van der Waals surface area contributed by atoms with Gasteiger partial charge in [0.1, 0.15) is 0 Å². The summed E-state index contributed by atoms with van der Waals surface area (Å²) in [7, 11) is 0. The number of allylic oxidation sites excluding steroid dienone is 2. The Morgan fingerprint density at radius 1 is 1.44 bits per heavy atom. The SMILES string of the molecule is CC1=C(C)C1(Cl)C(=O)Cl. The van der Waals surface area contributed by atoms with Crippen LogP contribution in [0.3, 0.4) is 0 Å². The molecule has 0 aromatic rings. The second kappa shape index (κ2) is 1.74. The van der Waals surface area contributed by atoms with Gasteiger partial charge < -0.3 is 0 Å². The van der Waals surface area contributed by atoms with Gasteiger partial charge in [0, 0.05) is 0 Å². The first-order valence-electron chi connectivity index (χ1n) is 2.58. The van der Waals surface area contributed by atoms with Crippen LogP contribution in [0.1, 0.15) is 13.8 Å². The van der Waals surface area contributed by atoms with Gasteiger partial charge in [-0.05, 0) is 36.6 Å². The zero-order valence-corrected chi connectivity index (χ0v) is 6.68. The van der Waals surface area contributed by atoms with Crippen LogP contribution in [0.4, 0.5) is 0 Å². The van der Waals surface area contributed by atoms with Gasteiger partial charge in [0.25, 0.3) is 5.24 Å². The highest BCUT2D eigenvalue weighted by Gasteiger charge is 2.52. The summed E-state index contributed by atoms with van der Waals surface area (Å²) < 4.78 is 0. The van der Waals surface area contributed by atoms with Gasteiger partial charge in [-0.1, -0.05) is 11.6 Å². The molecule has 0 aliphatic heterocycles.